The maximum atomic E-state index is 12.5. The molecule has 0 fully saturated rings. The average molecular weight is 299 g/mol. The highest BCUT2D eigenvalue weighted by Gasteiger charge is 2.45. The number of aromatic nitrogens is 1. The van der Waals surface area contributed by atoms with Gasteiger partial charge in [0, 0.05) is 10.7 Å². The summed E-state index contributed by atoms with van der Waals surface area (Å²) in [6.07, 6.45) is -7.57. The Morgan fingerprint density at radius 2 is 2.19 bits per heavy atom. The van der Waals surface area contributed by atoms with E-state index in [1.165, 1.54) is 6.07 Å². The molecule has 1 aromatic rings. The number of pyridine rings is 1. The Hall–Kier alpha value is -1.31. The standard InChI is InChI=1S/C8H6BrF3N2O2/c9-4-1-2-14-5(3-4)6(8(10,11)12)16-7(13)15/h1-3,6H,(H2,13,15)/t6-/m0/s1. The van der Waals surface area contributed by atoms with Crippen molar-refractivity contribution in [1.29, 1.82) is 0 Å². The maximum absolute atomic E-state index is 12.5. The van der Waals surface area contributed by atoms with Gasteiger partial charge in [-0.1, -0.05) is 15.9 Å². The number of carbonyl (C=O) groups excluding carboxylic acids is 1. The van der Waals surface area contributed by atoms with Gasteiger partial charge in [0.05, 0.1) is 5.69 Å². The quantitative estimate of drug-likeness (QED) is 0.912. The van der Waals surface area contributed by atoms with Crippen LogP contribution in [0.3, 0.4) is 0 Å². The summed E-state index contributed by atoms with van der Waals surface area (Å²) in [6.45, 7) is 0. The first-order chi connectivity index (χ1) is 7.30. The van der Waals surface area contributed by atoms with E-state index in [4.69, 9.17) is 0 Å². The van der Waals surface area contributed by atoms with Gasteiger partial charge in [-0.05, 0) is 12.1 Å². The first-order valence-corrected chi connectivity index (χ1v) is 4.74. The SMILES string of the molecule is NC(=O)O[C@@H](c1cc(Br)ccn1)C(F)(F)F. The molecule has 0 unspecified atom stereocenters. The van der Waals surface area contributed by atoms with E-state index in [2.05, 4.69) is 31.4 Å². The Kier molecular flexibility index (Phi) is 3.74. The van der Waals surface area contributed by atoms with Gasteiger partial charge in [0.15, 0.2) is 0 Å². The van der Waals surface area contributed by atoms with Gasteiger partial charge in [-0.15, -0.1) is 0 Å². The van der Waals surface area contributed by atoms with Gasteiger partial charge in [-0.2, -0.15) is 13.2 Å². The van der Waals surface area contributed by atoms with Gasteiger partial charge < -0.3 is 10.5 Å². The highest BCUT2D eigenvalue weighted by Crippen LogP contribution is 2.35. The van der Waals surface area contributed by atoms with Crippen LogP contribution in [0, 0.1) is 0 Å². The van der Waals surface area contributed by atoms with Crippen LogP contribution in [0.2, 0.25) is 0 Å². The van der Waals surface area contributed by atoms with Gasteiger partial charge in [0.2, 0.25) is 6.10 Å². The van der Waals surface area contributed by atoms with E-state index in [-0.39, 0.29) is 0 Å². The number of rotatable bonds is 2. The molecule has 1 rings (SSSR count). The predicted molar refractivity (Wildman–Crippen MR) is 51.4 cm³/mol. The second kappa shape index (κ2) is 4.69. The molecule has 0 saturated carbocycles. The number of carbonyl (C=O) groups is 1. The van der Waals surface area contributed by atoms with Crippen molar-refractivity contribution in [2.24, 2.45) is 5.73 Å². The fourth-order valence-electron chi connectivity index (χ4n) is 0.976. The van der Waals surface area contributed by atoms with Crippen molar-refractivity contribution in [2.75, 3.05) is 0 Å². The van der Waals surface area contributed by atoms with Gasteiger partial charge in [-0.3, -0.25) is 4.98 Å². The molecule has 88 valence electrons. The van der Waals surface area contributed by atoms with E-state index in [1.54, 1.807) is 0 Å². The van der Waals surface area contributed by atoms with E-state index in [0.717, 1.165) is 12.3 Å². The zero-order chi connectivity index (χ0) is 12.3. The zero-order valence-corrected chi connectivity index (χ0v) is 9.25. The van der Waals surface area contributed by atoms with Crippen molar-refractivity contribution in [1.82, 2.24) is 4.98 Å². The Morgan fingerprint density at radius 1 is 1.56 bits per heavy atom. The summed E-state index contributed by atoms with van der Waals surface area (Å²) in [7, 11) is 0. The number of hydrogen-bond acceptors (Lipinski definition) is 3. The van der Waals surface area contributed by atoms with Crippen molar-refractivity contribution in [3.63, 3.8) is 0 Å². The third kappa shape index (κ3) is 3.37. The molecule has 8 heteroatoms. The van der Waals surface area contributed by atoms with Crippen LogP contribution in [-0.2, 0) is 4.74 Å². The molecule has 1 aromatic heterocycles. The maximum Gasteiger partial charge on any atom is 0.431 e. The first kappa shape index (κ1) is 12.8. The molecule has 0 bridgehead atoms. The van der Waals surface area contributed by atoms with Crippen LogP contribution < -0.4 is 5.73 Å². The van der Waals surface area contributed by atoms with Crippen LogP contribution >= 0.6 is 15.9 Å². The van der Waals surface area contributed by atoms with Crippen molar-refractivity contribution < 1.29 is 22.7 Å². The molecule has 0 radical (unpaired) electrons. The summed E-state index contributed by atoms with van der Waals surface area (Å²) in [5.74, 6) is 0. The van der Waals surface area contributed by atoms with E-state index in [1.807, 2.05) is 0 Å². The fraction of sp³-hybridized carbons (Fsp3) is 0.250. The third-order valence-corrected chi connectivity index (χ3v) is 2.04. The normalized spacial score (nSPS) is 13.2. The van der Waals surface area contributed by atoms with Crippen LogP contribution in [0.25, 0.3) is 0 Å². The summed E-state index contributed by atoms with van der Waals surface area (Å²) in [6, 6.07) is 2.54. The fourth-order valence-corrected chi connectivity index (χ4v) is 1.33. The molecule has 0 spiro atoms. The van der Waals surface area contributed by atoms with Crippen LogP contribution in [0.15, 0.2) is 22.8 Å². The number of primary amides is 1. The summed E-state index contributed by atoms with van der Waals surface area (Å²) >= 11 is 2.98. The number of alkyl halides is 3. The molecule has 0 aromatic carbocycles. The molecule has 1 atom stereocenters. The highest BCUT2D eigenvalue weighted by molar-refractivity contribution is 9.10. The number of nitrogens with two attached hydrogens (primary N) is 1. The minimum atomic E-state index is -4.76. The second-order valence-electron chi connectivity index (χ2n) is 2.76. The summed E-state index contributed by atoms with van der Waals surface area (Å²) < 4.78 is 41.9. The molecule has 0 aliphatic carbocycles. The lowest BCUT2D eigenvalue weighted by Crippen LogP contribution is -2.29. The Labute approximate surface area is 96.7 Å². The molecule has 1 heterocycles. The van der Waals surface area contributed by atoms with E-state index >= 15 is 0 Å². The van der Waals surface area contributed by atoms with Crippen molar-refractivity contribution in [2.45, 2.75) is 12.3 Å². The van der Waals surface area contributed by atoms with Crippen molar-refractivity contribution in [3.8, 4) is 0 Å². The first-order valence-electron chi connectivity index (χ1n) is 3.95. The predicted octanol–water partition coefficient (Wildman–Crippen LogP) is 2.54. The molecule has 0 saturated heterocycles. The molecule has 2 N–H and O–H groups in total. The molecule has 0 aliphatic rings. The average Bonchev–Trinajstić information content (AvgIpc) is 2.12. The minimum Gasteiger partial charge on any atom is -0.430 e. The number of nitrogens with zero attached hydrogens (tertiary/aromatic N) is 1. The topological polar surface area (TPSA) is 65.2 Å². The molecule has 0 aliphatic heterocycles. The van der Waals surface area contributed by atoms with Crippen LogP contribution in [0.5, 0.6) is 0 Å². The Bertz CT molecular complexity index is 397. The number of amides is 1. The van der Waals surface area contributed by atoms with Crippen LogP contribution in [0.4, 0.5) is 18.0 Å². The summed E-state index contributed by atoms with van der Waals surface area (Å²) in [5.41, 5.74) is 4.12. The number of ether oxygens (including phenoxy) is 1. The Morgan fingerprint density at radius 3 is 2.62 bits per heavy atom. The second-order valence-corrected chi connectivity index (χ2v) is 3.67. The van der Waals surface area contributed by atoms with E-state index in [0.29, 0.717) is 4.47 Å². The lowest BCUT2D eigenvalue weighted by molar-refractivity contribution is -0.206. The molecular weight excluding hydrogens is 293 g/mol. The number of hydrogen-bond donors (Lipinski definition) is 1. The van der Waals surface area contributed by atoms with Gasteiger partial charge in [0.25, 0.3) is 0 Å². The molecule has 1 amide bonds. The van der Waals surface area contributed by atoms with Crippen LogP contribution in [0.1, 0.15) is 11.8 Å². The van der Waals surface area contributed by atoms with Crippen molar-refractivity contribution in [3.05, 3.63) is 28.5 Å². The number of halogens is 4. The summed E-state index contributed by atoms with van der Waals surface area (Å²) in [4.78, 5) is 13.9. The molecule has 4 nitrogen and oxygen atoms in total. The lowest BCUT2D eigenvalue weighted by atomic mass is 10.2. The third-order valence-electron chi connectivity index (χ3n) is 1.54. The zero-order valence-electron chi connectivity index (χ0n) is 7.66. The molecular formula is C8H6BrF3N2O2. The lowest BCUT2D eigenvalue weighted by Gasteiger charge is -2.18. The van der Waals surface area contributed by atoms with Gasteiger partial charge >= 0.3 is 12.3 Å². The largest absolute Gasteiger partial charge is 0.431 e. The van der Waals surface area contributed by atoms with E-state index in [9.17, 15) is 18.0 Å². The van der Waals surface area contributed by atoms with Gasteiger partial charge in [0.1, 0.15) is 0 Å². The van der Waals surface area contributed by atoms with Gasteiger partial charge in [-0.25, -0.2) is 4.79 Å². The van der Waals surface area contributed by atoms with Crippen LogP contribution in [-0.4, -0.2) is 17.3 Å². The smallest absolute Gasteiger partial charge is 0.430 e. The van der Waals surface area contributed by atoms with Crippen molar-refractivity contribution >= 4 is 22.0 Å². The highest BCUT2D eigenvalue weighted by atomic mass is 79.9. The molecule has 16 heavy (non-hydrogen) atoms. The van der Waals surface area contributed by atoms with E-state index < -0.39 is 24.1 Å². The minimum absolute atomic E-state index is 0.389. The monoisotopic (exact) mass is 298 g/mol. The Balaban J connectivity index is 3.06. The summed E-state index contributed by atoms with van der Waals surface area (Å²) in [5, 5.41) is 0.